The van der Waals surface area contributed by atoms with E-state index in [2.05, 4.69) is 12.2 Å². The number of aliphatic carboxylic acids is 1. The van der Waals surface area contributed by atoms with E-state index in [0.29, 0.717) is 6.54 Å². The molecule has 2 aliphatic rings. The molecule has 0 aromatic rings. The first-order valence-corrected chi connectivity index (χ1v) is 7.79. The van der Waals surface area contributed by atoms with Gasteiger partial charge in [-0.1, -0.05) is 13.3 Å². The summed E-state index contributed by atoms with van der Waals surface area (Å²) in [4.78, 5) is 25.7. The lowest BCUT2D eigenvalue weighted by molar-refractivity contribution is -0.146. The molecule has 0 radical (unpaired) electrons. The molecule has 2 aliphatic heterocycles. The highest BCUT2D eigenvalue weighted by Crippen LogP contribution is 2.35. The Labute approximate surface area is 120 Å². The Hall–Kier alpha value is -1.10. The number of nitrogens with one attached hydrogen (secondary N) is 1. The molecule has 114 valence electrons. The zero-order chi connectivity index (χ0) is 14.6. The molecule has 2 N–H and O–H groups in total. The number of carboxylic acid groups (broad SMARTS) is 1. The normalized spacial score (nSPS) is 30.4. The first-order chi connectivity index (χ1) is 9.57. The summed E-state index contributed by atoms with van der Waals surface area (Å²) < 4.78 is 0. The molecule has 2 saturated heterocycles. The minimum Gasteiger partial charge on any atom is -0.481 e. The molecule has 0 spiro atoms. The number of amides is 1. The number of carboxylic acids is 1. The van der Waals surface area contributed by atoms with Gasteiger partial charge in [0.1, 0.15) is 0 Å². The summed E-state index contributed by atoms with van der Waals surface area (Å²) in [6.07, 6.45) is 4.90. The second-order valence-corrected chi connectivity index (χ2v) is 6.31. The maximum absolute atomic E-state index is 12.9. The summed E-state index contributed by atoms with van der Waals surface area (Å²) in [6.45, 7) is 5.23. The minimum absolute atomic E-state index is 0.123. The lowest BCUT2D eigenvalue weighted by atomic mass is 9.80. The van der Waals surface area contributed by atoms with E-state index in [1.54, 1.807) is 0 Å². The predicted octanol–water partition coefficient (Wildman–Crippen LogP) is 1.48. The number of carbonyl (C=O) groups excluding carboxylic acids is 1. The summed E-state index contributed by atoms with van der Waals surface area (Å²) in [7, 11) is 0. The number of hydrogen-bond donors (Lipinski definition) is 2. The largest absolute Gasteiger partial charge is 0.481 e. The lowest BCUT2D eigenvalue weighted by Gasteiger charge is -2.38. The summed E-state index contributed by atoms with van der Waals surface area (Å²) in [5.41, 5.74) is -0.236. The molecule has 2 atom stereocenters. The van der Waals surface area contributed by atoms with E-state index in [9.17, 15) is 9.59 Å². The summed E-state index contributed by atoms with van der Waals surface area (Å²) in [5.74, 6) is -0.382. The van der Waals surface area contributed by atoms with Crippen molar-refractivity contribution >= 4 is 11.9 Å². The molecule has 1 amide bonds. The Morgan fingerprint density at radius 2 is 2.25 bits per heavy atom. The molecule has 0 aromatic carbocycles. The maximum Gasteiger partial charge on any atom is 0.303 e. The first-order valence-electron chi connectivity index (χ1n) is 7.79. The first kappa shape index (κ1) is 15.3. The Morgan fingerprint density at radius 1 is 1.45 bits per heavy atom. The highest BCUT2D eigenvalue weighted by Gasteiger charge is 2.43. The van der Waals surface area contributed by atoms with Crippen molar-refractivity contribution in [2.75, 3.05) is 26.2 Å². The van der Waals surface area contributed by atoms with E-state index < -0.39 is 5.97 Å². The van der Waals surface area contributed by atoms with E-state index in [1.165, 1.54) is 0 Å². The maximum atomic E-state index is 12.9. The van der Waals surface area contributed by atoms with Gasteiger partial charge in [-0.05, 0) is 38.1 Å². The fourth-order valence-corrected chi connectivity index (χ4v) is 3.72. The highest BCUT2D eigenvalue weighted by molar-refractivity contribution is 5.83. The van der Waals surface area contributed by atoms with E-state index in [0.717, 1.165) is 51.7 Å². The van der Waals surface area contributed by atoms with Gasteiger partial charge in [0.05, 0.1) is 5.41 Å². The average Bonchev–Trinajstić information content (AvgIpc) is 2.87. The second kappa shape index (κ2) is 6.57. The second-order valence-electron chi connectivity index (χ2n) is 6.31. The Kier molecular flexibility index (Phi) is 5.02. The van der Waals surface area contributed by atoms with Crippen molar-refractivity contribution in [2.24, 2.45) is 11.3 Å². The molecule has 5 heteroatoms. The SMILES string of the molecule is CCCC1(C(=O)N2CCCC(CC(=O)O)C2)CCNC1. The standard InChI is InChI=1S/C15H26N2O3/c1-2-5-15(6-7-16-11-15)14(20)17-8-3-4-12(10-17)9-13(18)19/h12,16H,2-11H2,1H3,(H,18,19). The molecule has 0 aliphatic carbocycles. The Bertz CT molecular complexity index is 364. The quantitative estimate of drug-likeness (QED) is 0.801. The minimum atomic E-state index is -0.755. The van der Waals surface area contributed by atoms with Gasteiger partial charge in [0, 0.05) is 26.1 Å². The topological polar surface area (TPSA) is 69.6 Å². The smallest absolute Gasteiger partial charge is 0.303 e. The number of carbonyl (C=O) groups is 2. The van der Waals surface area contributed by atoms with Gasteiger partial charge in [-0.15, -0.1) is 0 Å². The number of rotatable bonds is 5. The van der Waals surface area contributed by atoms with Crippen LogP contribution in [0.3, 0.4) is 0 Å². The molecule has 0 bridgehead atoms. The zero-order valence-corrected chi connectivity index (χ0v) is 12.4. The van der Waals surface area contributed by atoms with Crippen LogP contribution in [0, 0.1) is 11.3 Å². The van der Waals surface area contributed by atoms with Gasteiger partial charge in [-0.3, -0.25) is 9.59 Å². The third-order valence-electron chi connectivity index (χ3n) is 4.70. The van der Waals surface area contributed by atoms with Crippen molar-refractivity contribution in [1.82, 2.24) is 10.2 Å². The van der Waals surface area contributed by atoms with E-state index >= 15 is 0 Å². The van der Waals surface area contributed by atoms with Gasteiger partial charge in [-0.25, -0.2) is 0 Å². The van der Waals surface area contributed by atoms with Crippen molar-refractivity contribution in [1.29, 1.82) is 0 Å². The van der Waals surface area contributed by atoms with Gasteiger partial charge in [0.15, 0.2) is 0 Å². The van der Waals surface area contributed by atoms with Crippen LogP contribution in [0.1, 0.15) is 45.4 Å². The van der Waals surface area contributed by atoms with Crippen LogP contribution in [-0.4, -0.2) is 48.1 Å². The van der Waals surface area contributed by atoms with Crippen LogP contribution in [-0.2, 0) is 9.59 Å². The van der Waals surface area contributed by atoms with Crippen molar-refractivity contribution in [3.05, 3.63) is 0 Å². The molecule has 2 rings (SSSR count). The average molecular weight is 282 g/mol. The fourth-order valence-electron chi connectivity index (χ4n) is 3.72. The molecule has 20 heavy (non-hydrogen) atoms. The van der Waals surface area contributed by atoms with Crippen LogP contribution in [0.25, 0.3) is 0 Å². The molecule has 2 unspecified atom stereocenters. The number of likely N-dealkylation sites (tertiary alicyclic amines) is 1. The lowest BCUT2D eigenvalue weighted by Crippen LogP contribution is -2.49. The number of piperidine rings is 1. The summed E-state index contributed by atoms with van der Waals surface area (Å²) in [6, 6.07) is 0. The van der Waals surface area contributed by atoms with Crippen LogP contribution in [0.2, 0.25) is 0 Å². The molecule has 2 fully saturated rings. The van der Waals surface area contributed by atoms with E-state index in [-0.39, 0.29) is 23.7 Å². The third kappa shape index (κ3) is 3.32. The highest BCUT2D eigenvalue weighted by atomic mass is 16.4. The molecule has 2 heterocycles. The zero-order valence-electron chi connectivity index (χ0n) is 12.4. The molecular weight excluding hydrogens is 256 g/mol. The monoisotopic (exact) mass is 282 g/mol. The van der Waals surface area contributed by atoms with Crippen molar-refractivity contribution < 1.29 is 14.7 Å². The molecule has 0 saturated carbocycles. The van der Waals surface area contributed by atoms with Crippen LogP contribution in [0.4, 0.5) is 0 Å². The molecule has 0 aromatic heterocycles. The van der Waals surface area contributed by atoms with Crippen LogP contribution < -0.4 is 5.32 Å². The van der Waals surface area contributed by atoms with Gasteiger partial charge in [0.2, 0.25) is 5.91 Å². The van der Waals surface area contributed by atoms with Crippen molar-refractivity contribution in [3.63, 3.8) is 0 Å². The van der Waals surface area contributed by atoms with Gasteiger partial charge < -0.3 is 15.3 Å². The van der Waals surface area contributed by atoms with Gasteiger partial charge in [0.25, 0.3) is 0 Å². The van der Waals surface area contributed by atoms with Gasteiger partial charge in [-0.2, -0.15) is 0 Å². The predicted molar refractivity (Wildman–Crippen MR) is 76.4 cm³/mol. The van der Waals surface area contributed by atoms with E-state index in [1.807, 2.05) is 4.90 Å². The third-order valence-corrected chi connectivity index (χ3v) is 4.70. The van der Waals surface area contributed by atoms with Gasteiger partial charge >= 0.3 is 5.97 Å². The number of hydrogen-bond acceptors (Lipinski definition) is 3. The van der Waals surface area contributed by atoms with Crippen LogP contribution in [0.15, 0.2) is 0 Å². The molecule has 5 nitrogen and oxygen atoms in total. The van der Waals surface area contributed by atoms with Crippen LogP contribution in [0.5, 0.6) is 0 Å². The Morgan fingerprint density at radius 3 is 2.85 bits per heavy atom. The van der Waals surface area contributed by atoms with Crippen molar-refractivity contribution in [3.8, 4) is 0 Å². The Balaban J connectivity index is 2.01. The van der Waals surface area contributed by atoms with E-state index in [4.69, 9.17) is 5.11 Å². The van der Waals surface area contributed by atoms with Crippen molar-refractivity contribution in [2.45, 2.75) is 45.4 Å². The summed E-state index contributed by atoms with van der Waals surface area (Å²) in [5, 5.41) is 12.2. The summed E-state index contributed by atoms with van der Waals surface area (Å²) >= 11 is 0. The molecular formula is C15H26N2O3. The fraction of sp³-hybridized carbons (Fsp3) is 0.867. The van der Waals surface area contributed by atoms with Crippen LogP contribution >= 0.6 is 0 Å². The number of nitrogens with zero attached hydrogens (tertiary/aromatic N) is 1.